The Hall–Kier alpha value is -2.86. The van der Waals surface area contributed by atoms with Gasteiger partial charge in [-0.3, -0.25) is 9.59 Å². The van der Waals surface area contributed by atoms with E-state index in [1.807, 2.05) is 36.4 Å². The van der Waals surface area contributed by atoms with Crippen molar-refractivity contribution in [3.05, 3.63) is 59.7 Å². The summed E-state index contributed by atoms with van der Waals surface area (Å²) in [6.45, 7) is 4.60. The number of ether oxygens (including phenoxy) is 1. The number of amides is 2. The van der Waals surface area contributed by atoms with Crippen LogP contribution < -0.4 is 15.5 Å². The van der Waals surface area contributed by atoms with Crippen molar-refractivity contribution in [3.8, 4) is 0 Å². The van der Waals surface area contributed by atoms with Crippen molar-refractivity contribution in [1.29, 1.82) is 0 Å². The fourth-order valence-corrected chi connectivity index (χ4v) is 2.94. The third-order valence-corrected chi connectivity index (χ3v) is 4.21. The molecule has 1 fully saturated rings. The Labute approximate surface area is 153 Å². The maximum absolute atomic E-state index is 12.8. The molecule has 1 heterocycles. The van der Waals surface area contributed by atoms with Crippen LogP contribution in [0.5, 0.6) is 0 Å². The molecule has 0 saturated carbocycles. The molecule has 0 atom stereocenters. The molecule has 2 aromatic rings. The number of hydrogen-bond acceptors (Lipinski definition) is 4. The highest BCUT2D eigenvalue weighted by Gasteiger charge is 2.19. The molecule has 2 aromatic carbocycles. The van der Waals surface area contributed by atoms with Gasteiger partial charge in [0.05, 0.1) is 24.5 Å². The number of anilines is 2. The quantitative estimate of drug-likeness (QED) is 0.866. The Kier molecular flexibility index (Phi) is 5.86. The first kappa shape index (κ1) is 17.9. The number of benzene rings is 2. The van der Waals surface area contributed by atoms with E-state index in [-0.39, 0.29) is 11.8 Å². The average Bonchev–Trinajstić information content (AvgIpc) is 2.67. The topological polar surface area (TPSA) is 70.7 Å². The van der Waals surface area contributed by atoms with Crippen molar-refractivity contribution in [2.24, 2.45) is 0 Å². The van der Waals surface area contributed by atoms with Crippen LogP contribution in [0.4, 0.5) is 11.4 Å². The standard InChI is InChI=1S/C20H23N3O3/c1-15(24)22-17-7-8-18(19(13-17)23-9-11-26-12-10-23)20(25)21-14-16-5-3-2-4-6-16/h2-8,13H,9-12,14H2,1H3,(H,21,25)(H,22,24). The molecule has 2 N–H and O–H groups in total. The number of hydrogen-bond donors (Lipinski definition) is 2. The Morgan fingerprint density at radius 2 is 1.81 bits per heavy atom. The zero-order chi connectivity index (χ0) is 18.4. The molecule has 0 bridgehead atoms. The summed E-state index contributed by atoms with van der Waals surface area (Å²) >= 11 is 0. The first-order valence-electron chi connectivity index (χ1n) is 8.70. The van der Waals surface area contributed by atoms with Gasteiger partial charge in [-0.15, -0.1) is 0 Å². The predicted octanol–water partition coefficient (Wildman–Crippen LogP) is 2.41. The van der Waals surface area contributed by atoms with E-state index in [1.54, 1.807) is 12.1 Å². The van der Waals surface area contributed by atoms with E-state index in [0.717, 1.165) is 11.3 Å². The fourth-order valence-electron chi connectivity index (χ4n) is 2.94. The third-order valence-electron chi connectivity index (χ3n) is 4.21. The highest BCUT2D eigenvalue weighted by molar-refractivity contribution is 6.01. The number of carbonyl (C=O) groups excluding carboxylic acids is 2. The lowest BCUT2D eigenvalue weighted by molar-refractivity contribution is -0.114. The normalized spacial score (nSPS) is 14.0. The van der Waals surface area contributed by atoms with Crippen LogP contribution in [0, 0.1) is 0 Å². The predicted molar refractivity (Wildman–Crippen MR) is 101 cm³/mol. The van der Waals surface area contributed by atoms with Gasteiger partial charge in [-0.1, -0.05) is 30.3 Å². The Morgan fingerprint density at radius 1 is 1.08 bits per heavy atom. The first-order valence-corrected chi connectivity index (χ1v) is 8.70. The lowest BCUT2D eigenvalue weighted by Crippen LogP contribution is -2.38. The van der Waals surface area contributed by atoms with Gasteiger partial charge in [0.15, 0.2) is 0 Å². The summed E-state index contributed by atoms with van der Waals surface area (Å²) in [7, 11) is 0. The van der Waals surface area contributed by atoms with Crippen molar-refractivity contribution in [2.45, 2.75) is 13.5 Å². The van der Waals surface area contributed by atoms with Crippen molar-refractivity contribution in [3.63, 3.8) is 0 Å². The van der Waals surface area contributed by atoms with Crippen LogP contribution in [0.25, 0.3) is 0 Å². The van der Waals surface area contributed by atoms with E-state index in [9.17, 15) is 9.59 Å². The lowest BCUT2D eigenvalue weighted by Gasteiger charge is -2.30. The third kappa shape index (κ3) is 4.61. The van der Waals surface area contributed by atoms with Crippen molar-refractivity contribution >= 4 is 23.2 Å². The maximum atomic E-state index is 12.8. The number of carbonyl (C=O) groups is 2. The monoisotopic (exact) mass is 353 g/mol. The van der Waals surface area contributed by atoms with Gasteiger partial charge in [0.25, 0.3) is 5.91 Å². The molecular weight excluding hydrogens is 330 g/mol. The van der Waals surface area contributed by atoms with Gasteiger partial charge in [0.2, 0.25) is 5.91 Å². The average molecular weight is 353 g/mol. The van der Waals surface area contributed by atoms with E-state index < -0.39 is 0 Å². The van der Waals surface area contributed by atoms with Crippen LogP contribution in [-0.2, 0) is 16.1 Å². The van der Waals surface area contributed by atoms with Crippen LogP contribution in [-0.4, -0.2) is 38.1 Å². The zero-order valence-corrected chi connectivity index (χ0v) is 14.8. The molecule has 1 aliphatic heterocycles. The smallest absolute Gasteiger partial charge is 0.253 e. The zero-order valence-electron chi connectivity index (χ0n) is 14.8. The molecule has 0 aliphatic carbocycles. The minimum Gasteiger partial charge on any atom is -0.378 e. The summed E-state index contributed by atoms with van der Waals surface area (Å²) in [4.78, 5) is 26.2. The van der Waals surface area contributed by atoms with Gasteiger partial charge in [0.1, 0.15) is 0 Å². The molecule has 6 nitrogen and oxygen atoms in total. The van der Waals surface area contributed by atoms with Crippen LogP contribution in [0.1, 0.15) is 22.8 Å². The molecule has 6 heteroatoms. The summed E-state index contributed by atoms with van der Waals surface area (Å²) in [5.74, 6) is -0.274. The van der Waals surface area contributed by atoms with Crippen molar-refractivity contribution < 1.29 is 14.3 Å². The van der Waals surface area contributed by atoms with Gasteiger partial charge in [-0.25, -0.2) is 0 Å². The Balaban J connectivity index is 1.81. The fraction of sp³-hybridized carbons (Fsp3) is 0.300. The summed E-state index contributed by atoms with van der Waals surface area (Å²) < 4.78 is 5.41. The van der Waals surface area contributed by atoms with Crippen LogP contribution >= 0.6 is 0 Å². The highest BCUT2D eigenvalue weighted by Crippen LogP contribution is 2.26. The second-order valence-corrected chi connectivity index (χ2v) is 6.18. The van der Waals surface area contributed by atoms with Gasteiger partial charge in [-0.2, -0.15) is 0 Å². The molecule has 0 radical (unpaired) electrons. The molecule has 1 aliphatic rings. The number of nitrogens with zero attached hydrogens (tertiary/aromatic N) is 1. The lowest BCUT2D eigenvalue weighted by atomic mass is 10.1. The molecular formula is C20H23N3O3. The second-order valence-electron chi connectivity index (χ2n) is 6.18. The number of nitrogens with one attached hydrogen (secondary N) is 2. The van der Waals surface area contributed by atoms with Crippen LogP contribution in [0.2, 0.25) is 0 Å². The van der Waals surface area contributed by atoms with E-state index in [1.165, 1.54) is 6.92 Å². The molecule has 2 amide bonds. The highest BCUT2D eigenvalue weighted by atomic mass is 16.5. The van der Waals surface area contributed by atoms with Gasteiger partial charge in [-0.05, 0) is 23.8 Å². The van der Waals surface area contributed by atoms with Crippen molar-refractivity contribution in [1.82, 2.24) is 5.32 Å². The van der Waals surface area contributed by atoms with E-state index in [4.69, 9.17) is 4.74 Å². The van der Waals surface area contributed by atoms with Gasteiger partial charge < -0.3 is 20.3 Å². The molecule has 0 unspecified atom stereocenters. The van der Waals surface area contributed by atoms with Crippen LogP contribution in [0.3, 0.4) is 0 Å². The van der Waals surface area contributed by atoms with E-state index in [2.05, 4.69) is 15.5 Å². The Morgan fingerprint density at radius 3 is 2.50 bits per heavy atom. The molecule has 1 saturated heterocycles. The number of rotatable bonds is 5. The van der Waals surface area contributed by atoms with E-state index >= 15 is 0 Å². The van der Waals surface area contributed by atoms with Crippen molar-refractivity contribution in [2.75, 3.05) is 36.5 Å². The molecule has 3 rings (SSSR count). The SMILES string of the molecule is CC(=O)Nc1ccc(C(=O)NCc2ccccc2)c(N2CCOCC2)c1. The summed E-state index contributed by atoms with van der Waals surface area (Å²) in [6.07, 6.45) is 0. The summed E-state index contributed by atoms with van der Waals surface area (Å²) in [5, 5.41) is 5.75. The maximum Gasteiger partial charge on any atom is 0.253 e. The van der Waals surface area contributed by atoms with Gasteiger partial charge in [0, 0.05) is 32.2 Å². The minimum absolute atomic E-state index is 0.135. The molecule has 136 valence electrons. The molecule has 0 spiro atoms. The molecule has 26 heavy (non-hydrogen) atoms. The Bertz CT molecular complexity index is 771. The number of morpholine rings is 1. The van der Waals surface area contributed by atoms with E-state index in [0.29, 0.717) is 44.1 Å². The van der Waals surface area contributed by atoms with Crippen LogP contribution in [0.15, 0.2) is 48.5 Å². The summed E-state index contributed by atoms with van der Waals surface area (Å²) in [6, 6.07) is 15.2. The largest absolute Gasteiger partial charge is 0.378 e. The first-order chi connectivity index (χ1) is 12.6. The summed E-state index contributed by atoms with van der Waals surface area (Å²) in [5.41, 5.74) is 3.13. The second kappa shape index (κ2) is 8.49. The molecule has 0 aromatic heterocycles. The van der Waals surface area contributed by atoms with Gasteiger partial charge >= 0.3 is 0 Å². The minimum atomic E-state index is -0.140.